The normalized spacial score (nSPS) is 21.5. The molecule has 0 aromatic heterocycles. The lowest BCUT2D eigenvalue weighted by Gasteiger charge is -2.32. The first-order chi connectivity index (χ1) is 8.96. The molecule has 0 bridgehead atoms. The van der Waals surface area contributed by atoms with Crippen LogP contribution in [-0.2, 0) is 15.9 Å². The lowest BCUT2D eigenvalue weighted by molar-refractivity contribution is 0.268. The molecule has 2 rings (SSSR count). The summed E-state index contributed by atoms with van der Waals surface area (Å²) in [6.07, 6.45) is 2.96. The smallest absolute Gasteiger partial charge is 0.207 e. The molecule has 0 spiro atoms. The zero-order valence-corrected chi connectivity index (χ0v) is 13.9. The van der Waals surface area contributed by atoms with Gasteiger partial charge in [-0.15, -0.1) is 11.6 Å². The zero-order chi connectivity index (χ0) is 14.0. The van der Waals surface area contributed by atoms with Gasteiger partial charge in [0, 0.05) is 22.9 Å². The first kappa shape index (κ1) is 15.3. The van der Waals surface area contributed by atoms with Crippen molar-refractivity contribution in [2.24, 2.45) is 0 Å². The van der Waals surface area contributed by atoms with Crippen LogP contribution in [0.4, 0.5) is 0 Å². The van der Waals surface area contributed by atoms with Gasteiger partial charge >= 0.3 is 0 Å². The van der Waals surface area contributed by atoms with E-state index in [1.807, 2.05) is 6.92 Å². The Morgan fingerprint density at radius 1 is 1.42 bits per heavy atom. The minimum Gasteiger partial charge on any atom is -0.207 e. The highest BCUT2D eigenvalue weighted by atomic mass is 79.9. The molecule has 3 nitrogen and oxygen atoms in total. The minimum absolute atomic E-state index is 0.0679. The van der Waals surface area contributed by atoms with Crippen LogP contribution in [0.25, 0.3) is 0 Å². The van der Waals surface area contributed by atoms with Crippen molar-refractivity contribution >= 4 is 37.6 Å². The quantitative estimate of drug-likeness (QED) is 0.764. The predicted molar refractivity (Wildman–Crippen MR) is 80.9 cm³/mol. The third kappa shape index (κ3) is 3.15. The third-order valence-electron chi connectivity index (χ3n) is 3.48. The maximum absolute atomic E-state index is 12.7. The standard InChI is InChI=1S/C13H17BrClNO2S/c1-10-4-2-3-7-16(10)19(17,18)13-6-5-11(9-15)8-12(13)14/h5-6,8,10H,2-4,7,9H2,1H3. The van der Waals surface area contributed by atoms with Crippen LogP contribution in [0.1, 0.15) is 31.7 Å². The topological polar surface area (TPSA) is 37.4 Å². The first-order valence-electron chi connectivity index (χ1n) is 6.33. The maximum atomic E-state index is 12.7. The fourth-order valence-corrected chi connectivity index (χ4v) is 5.34. The molecule has 1 saturated heterocycles. The van der Waals surface area contributed by atoms with Crippen LogP contribution in [0.2, 0.25) is 0 Å². The SMILES string of the molecule is CC1CCCCN1S(=O)(=O)c1ccc(CCl)cc1Br. The first-order valence-corrected chi connectivity index (χ1v) is 9.10. The average molecular weight is 367 g/mol. The summed E-state index contributed by atoms with van der Waals surface area (Å²) in [5.41, 5.74) is 0.902. The molecule has 106 valence electrons. The van der Waals surface area contributed by atoms with Gasteiger partial charge in [0.05, 0.1) is 4.90 Å². The van der Waals surface area contributed by atoms with E-state index < -0.39 is 10.0 Å². The van der Waals surface area contributed by atoms with Gasteiger partial charge in [0.2, 0.25) is 10.0 Å². The molecule has 1 aliphatic rings. The molecule has 0 aliphatic carbocycles. The molecular weight excluding hydrogens is 350 g/mol. The van der Waals surface area contributed by atoms with E-state index in [9.17, 15) is 8.42 Å². The average Bonchev–Trinajstić information content (AvgIpc) is 2.38. The van der Waals surface area contributed by atoms with Crippen molar-refractivity contribution in [1.82, 2.24) is 4.31 Å². The number of hydrogen-bond acceptors (Lipinski definition) is 2. The lowest BCUT2D eigenvalue weighted by atomic mass is 10.1. The second kappa shape index (κ2) is 6.12. The molecular formula is C13H17BrClNO2S. The fourth-order valence-electron chi connectivity index (χ4n) is 2.39. The monoisotopic (exact) mass is 365 g/mol. The van der Waals surface area contributed by atoms with Crippen molar-refractivity contribution in [2.75, 3.05) is 6.54 Å². The van der Waals surface area contributed by atoms with Crippen molar-refractivity contribution < 1.29 is 8.42 Å². The van der Waals surface area contributed by atoms with E-state index in [2.05, 4.69) is 15.9 Å². The van der Waals surface area contributed by atoms with Gasteiger partial charge in [-0.05, 0) is 53.4 Å². The Kier molecular flexibility index (Phi) is 4.93. The molecule has 1 fully saturated rings. The molecule has 1 aromatic rings. The third-order valence-corrected chi connectivity index (χ3v) is 6.78. The summed E-state index contributed by atoms with van der Waals surface area (Å²) in [5, 5.41) is 0. The second-order valence-electron chi connectivity index (χ2n) is 4.86. The molecule has 1 aromatic carbocycles. The van der Waals surface area contributed by atoms with E-state index in [-0.39, 0.29) is 6.04 Å². The molecule has 19 heavy (non-hydrogen) atoms. The zero-order valence-electron chi connectivity index (χ0n) is 10.8. The van der Waals surface area contributed by atoms with Crippen molar-refractivity contribution in [3.05, 3.63) is 28.2 Å². The molecule has 1 aliphatic heterocycles. The van der Waals surface area contributed by atoms with Crippen LogP contribution in [0.15, 0.2) is 27.6 Å². The number of piperidine rings is 1. The molecule has 1 unspecified atom stereocenters. The number of rotatable bonds is 3. The van der Waals surface area contributed by atoms with Crippen LogP contribution < -0.4 is 0 Å². The van der Waals surface area contributed by atoms with E-state index in [4.69, 9.17) is 11.6 Å². The molecule has 0 N–H and O–H groups in total. The summed E-state index contributed by atoms with van der Waals surface area (Å²) in [7, 11) is -3.42. The van der Waals surface area contributed by atoms with Crippen LogP contribution in [0.3, 0.4) is 0 Å². The Morgan fingerprint density at radius 2 is 2.16 bits per heavy atom. The van der Waals surface area contributed by atoms with Gasteiger partial charge in [-0.2, -0.15) is 4.31 Å². The van der Waals surface area contributed by atoms with Crippen LogP contribution in [0.5, 0.6) is 0 Å². The van der Waals surface area contributed by atoms with Gasteiger partial charge in [0.15, 0.2) is 0 Å². The van der Waals surface area contributed by atoms with Crippen molar-refractivity contribution in [2.45, 2.75) is 43.0 Å². The number of halogens is 2. The van der Waals surface area contributed by atoms with E-state index in [1.54, 1.807) is 22.5 Å². The number of sulfonamides is 1. The molecule has 1 atom stereocenters. The number of nitrogens with zero attached hydrogens (tertiary/aromatic N) is 1. The Bertz CT molecular complexity index is 562. The van der Waals surface area contributed by atoms with E-state index in [1.165, 1.54) is 0 Å². The van der Waals surface area contributed by atoms with Crippen molar-refractivity contribution in [1.29, 1.82) is 0 Å². The number of alkyl halides is 1. The molecule has 6 heteroatoms. The van der Waals surface area contributed by atoms with E-state index in [0.29, 0.717) is 21.8 Å². The summed E-state index contributed by atoms with van der Waals surface area (Å²) in [6, 6.07) is 5.24. The Labute approximate surface area is 128 Å². The van der Waals surface area contributed by atoms with Gasteiger partial charge in [0.25, 0.3) is 0 Å². The van der Waals surface area contributed by atoms with Gasteiger partial charge in [-0.25, -0.2) is 8.42 Å². The fraction of sp³-hybridized carbons (Fsp3) is 0.538. The van der Waals surface area contributed by atoms with Crippen LogP contribution in [0, 0.1) is 0 Å². The van der Waals surface area contributed by atoms with Crippen LogP contribution >= 0.6 is 27.5 Å². The van der Waals surface area contributed by atoms with Gasteiger partial charge < -0.3 is 0 Å². The highest BCUT2D eigenvalue weighted by Crippen LogP contribution is 2.30. The highest BCUT2D eigenvalue weighted by Gasteiger charge is 2.32. The van der Waals surface area contributed by atoms with Crippen molar-refractivity contribution in [3.8, 4) is 0 Å². The Morgan fingerprint density at radius 3 is 2.74 bits per heavy atom. The summed E-state index contributed by atoms with van der Waals surface area (Å²) in [6.45, 7) is 2.57. The van der Waals surface area contributed by atoms with Gasteiger partial charge in [-0.1, -0.05) is 12.5 Å². The van der Waals surface area contributed by atoms with E-state index in [0.717, 1.165) is 24.8 Å². The Balaban J connectivity index is 2.38. The van der Waals surface area contributed by atoms with Crippen LogP contribution in [-0.4, -0.2) is 25.3 Å². The van der Waals surface area contributed by atoms with Crippen molar-refractivity contribution in [3.63, 3.8) is 0 Å². The summed E-state index contributed by atoms with van der Waals surface area (Å²) in [5.74, 6) is 0.374. The lowest BCUT2D eigenvalue weighted by Crippen LogP contribution is -2.42. The molecule has 0 radical (unpaired) electrons. The van der Waals surface area contributed by atoms with Gasteiger partial charge in [-0.3, -0.25) is 0 Å². The maximum Gasteiger partial charge on any atom is 0.244 e. The molecule has 1 heterocycles. The minimum atomic E-state index is -3.42. The highest BCUT2D eigenvalue weighted by molar-refractivity contribution is 9.10. The summed E-state index contributed by atoms with van der Waals surface area (Å²) >= 11 is 9.10. The number of hydrogen-bond donors (Lipinski definition) is 0. The largest absolute Gasteiger partial charge is 0.244 e. The summed E-state index contributed by atoms with van der Waals surface area (Å²) in [4.78, 5) is 0.329. The summed E-state index contributed by atoms with van der Waals surface area (Å²) < 4.78 is 27.6. The predicted octanol–water partition coefficient (Wildman–Crippen LogP) is 3.75. The number of benzene rings is 1. The van der Waals surface area contributed by atoms with E-state index >= 15 is 0 Å². The second-order valence-corrected chi connectivity index (χ2v) is 7.84. The van der Waals surface area contributed by atoms with Gasteiger partial charge in [0.1, 0.15) is 0 Å². The Hall–Kier alpha value is -0.100. The molecule has 0 amide bonds. The molecule has 0 saturated carbocycles.